The number of nitrogens with zero attached hydrogens (tertiary/aromatic N) is 2. The molecule has 3 rings (SSSR count). The first-order valence-electron chi connectivity index (χ1n) is 9.13. The number of rotatable bonds is 6. The van der Waals surface area contributed by atoms with Crippen molar-refractivity contribution < 1.29 is 14.3 Å². The molecule has 3 aromatic rings. The molecule has 2 N–H and O–H groups in total. The van der Waals surface area contributed by atoms with E-state index < -0.39 is 0 Å². The van der Waals surface area contributed by atoms with Gasteiger partial charge in [-0.2, -0.15) is 0 Å². The Morgan fingerprint density at radius 3 is 2.45 bits per heavy atom. The normalized spacial score (nSPS) is 10.4. The second kappa shape index (κ2) is 8.60. The number of anilines is 3. The lowest BCUT2D eigenvalue weighted by Crippen LogP contribution is -2.16. The van der Waals surface area contributed by atoms with Crippen molar-refractivity contribution in [2.24, 2.45) is 0 Å². The minimum Gasteiger partial charge on any atom is -0.497 e. The van der Waals surface area contributed by atoms with Crippen LogP contribution in [0.5, 0.6) is 11.5 Å². The first-order valence-corrected chi connectivity index (χ1v) is 9.13. The zero-order chi connectivity index (χ0) is 21.0. The Hall–Kier alpha value is -3.61. The van der Waals surface area contributed by atoms with Crippen LogP contribution < -0.4 is 20.1 Å². The molecule has 7 nitrogen and oxygen atoms in total. The fourth-order valence-corrected chi connectivity index (χ4v) is 2.85. The van der Waals surface area contributed by atoms with Crippen LogP contribution in [0, 0.1) is 20.8 Å². The fraction of sp³-hybridized carbons (Fsp3) is 0.227. The molecule has 0 unspecified atom stereocenters. The number of nitrogens with one attached hydrogen (secondary N) is 2. The van der Waals surface area contributed by atoms with E-state index in [1.807, 2.05) is 39.0 Å². The lowest BCUT2D eigenvalue weighted by atomic mass is 10.1. The molecule has 1 heterocycles. The largest absolute Gasteiger partial charge is 0.497 e. The molecule has 0 aliphatic carbocycles. The first kappa shape index (κ1) is 20.1. The van der Waals surface area contributed by atoms with Crippen molar-refractivity contribution in [2.75, 3.05) is 24.9 Å². The third kappa shape index (κ3) is 4.63. The molecule has 1 amide bonds. The summed E-state index contributed by atoms with van der Waals surface area (Å²) in [7, 11) is 3.16. The van der Waals surface area contributed by atoms with Gasteiger partial charge in [-0.25, -0.2) is 9.97 Å². The van der Waals surface area contributed by atoms with E-state index in [1.165, 1.54) is 0 Å². The molecule has 0 bridgehead atoms. The summed E-state index contributed by atoms with van der Waals surface area (Å²) in [5.41, 5.74) is 4.45. The van der Waals surface area contributed by atoms with E-state index in [1.54, 1.807) is 38.5 Å². The molecular formula is C22H24N4O3. The zero-order valence-electron chi connectivity index (χ0n) is 17.2. The molecular weight excluding hydrogens is 368 g/mol. The average Bonchev–Trinajstić information content (AvgIpc) is 2.70. The van der Waals surface area contributed by atoms with E-state index in [4.69, 9.17) is 9.47 Å². The van der Waals surface area contributed by atoms with Crippen LogP contribution in [0.4, 0.5) is 17.3 Å². The standard InChI is InChI=1S/C22H24N4O3/c1-13-7-6-8-17(15(13)3)24-21(27)19-11-14(2)23-22(26-19)25-18-12-16(28-4)9-10-20(18)29-5/h6-12H,1-5H3,(H,24,27)(H,23,25,26). The van der Waals surface area contributed by atoms with Gasteiger partial charge < -0.3 is 20.1 Å². The quantitative estimate of drug-likeness (QED) is 0.646. The Morgan fingerprint density at radius 1 is 0.931 bits per heavy atom. The lowest BCUT2D eigenvalue weighted by molar-refractivity contribution is 0.102. The third-order valence-electron chi connectivity index (χ3n) is 4.59. The summed E-state index contributed by atoms with van der Waals surface area (Å²) in [5, 5.41) is 6.04. The van der Waals surface area contributed by atoms with E-state index in [-0.39, 0.29) is 11.6 Å². The van der Waals surface area contributed by atoms with Crippen LogP contribution >= 0.6 is 0 Å². The number of ether oxygens (including phenoxy) is 2. The highest BCUT2D eigenvalue weighted by Crippen LogP contribution is 2.30. The Labute approximate surface area is 170 Å². The van der Waals surface area contributed by atoms with E-state index in [2.05, 4.69) is 20.6 Å². The number of aromatic nitrogens is 2. The van der Waals surface area contributed by atoms with Gasteiger partial charge in [0.05, 0.1) is 19.9 Å². The Morgan fingerprint density at radius 2 is 1.72 bits per heavy atom. The number of carbonyl (C=O) groups excluding carboxylic acids is 1. The van der Waals surface area contributed by atoms with Gasteiger partial charge in [-0.05, 0) is 56.2 Å². The van der Waals surface area contributed by atoms with Crippen molar-refractivity contribution in [3.63, 3.8) is 0 Å². The predicted molar refractivity (Wildman–Crippen MR) is 113 cm³/mol. The summed E-state index contributed by atoms with van der Waals surface area (Å²) >= 11 is 0. The van der Waals surface area contributed by atoms with Crippen molar-refractivity contribution in [3.8, 4) is 11.5 Å². The third-order valence-corrected chi connectivity index (χ3v) is 4.59. The highest BCUT2D eigenvalue weighted by molar-refractivity contribution is 6.03. The molecule has 2 aromatic carbocycles. The highest BCUT2D eigenvalue weighted by atomic mass is 16.5. The maximum absolute atomic E-state index is 12.8. The highest BCUT2D eigenvalue weighted by Gasteiger charge is 2.14. The fourth-order valence-electron chi connectivity index (χ4n) is 2.85. The predicted octanol–water partition coefficient (Wildman–Crippen LogP) is 4.41. The van der Waals surface area contributed by atoms with Crippen LogP contribution in [0.2, 0.25) is 0 Å². The summed E-state index contributed by atoms with van der Waals surface area (Å²) in [6, 6.07) is 12.8. The van der Waals surface area contributed by atoms with Gasteiger partial charge in [0.15, 0.2) is 0 Å². The molecule has 0 fully saturated rings. The molecule has 7 heteroatoms. The Balaban J connectivity index is 1.88. The van der Waals surface area contributed by atoms with Gasteiger partial charge in [-0.15, -0.1) is 0 Å². The summed E-state index contributed by atoms with van der Waals surface area (Å²) in [6.07, 6.45) is 0. The van der Waals surface area contributed by atoms with Crippen molar-refractivity contribution in [3.05, 3.63) is 65.0 Å². The number of methoxy groups -OCH3 is 2. The van der Waals surface area contributed by atoms with Gasteiger partial charge in [-0.1, -0.05) is 12.1 Å². The Bertz CT molecular complexity index is 1050. The molecule has 29 heavy (non-hydrogen) atoms. The van der Waals surface area contributed by atoms with Gasteiger partial charge in [0.1, 0.15) is 17.2 Å². The summed E-state index contributed by atoms with van der Waals surface area (Å²) in [5.74, 6) is 1.26. The summed E-state index contributed by atoms with van der Waals surface area (Å²) in [4.78, 5) is 21.5. The molecule has 0 radical (unpaired) electrons. The zero-order valence-corrected chi connectivity index (χ0v) is 17.2. The van der Waals surface area contributed by atoms with Gasteiger partial charge in [0, 0.05) is 17.4 Å². The van der Waals surface area contributed by atoms with Crippen molar-refractivity contribution in [2.45, 2.75) is 20.8 Å². The SMILES string of the molecule is COc1ccc(OC)c(Nc2nc(C)cc(C(=O)Nc3cccc(C)c3C)n2)c1. The topological polar surface area (TPSA) is 85.4 Å². The molecule has 0 aliphatic rings. The second-order valence-corrected chi connectivity index (χ2v) is 6.61. The molecule has 0 saturated carbocycles. The number of amides is 1. The van der Waals surface area contributed by atoms with Crippen LogP contribution in [0.3, 0.4) is 0 Å². The lowest BCUT2D eigenvalue weighted by Gasteiger charge is -2.13. The van der Waals surface area contributed by atoms with Crippen molar-refractivity contribution in [1.29, 1.82) is 0 Å². The van der Waals surface area contributed by atoms with E-state index in [0.29, 0.717) is 28.8 Å². The molecule has 0 aliphatic heterocycles. The maximum atomic E-state index is 12.8. The number of aryl methyl sites for hydroxylation is 2. The second-order valence-electron chi connectivity index (χ2n) is 6.61. The van der Waals surface area contributed by atoms with Crippen LogP contribution in [0.15, 0.2) is 42.5 Å². The molecule has 0 saturated heterocycles. The molecule has 150 valence electrons. The van der Waals surface area contributed by atoms with E-state index >= 15 is 0 Å². The van der Waals surface area contributed by atoms with E-state index in [0.717, 1.165) is 16.8 Å². The van der Waals surface area contributed by atoms with Crippen LogP contribution in [-0.2, 0) is 0 Å². The van der Waals surface area contributed by atoms with Gasteiger partial charge in [0.2, 0.25) is 5.95 Å². The van der Waals surface area contributed by atoms with Crippen LogP contribution in [-0.4, -0.2) is 30.1 Å². The summed E-state index contributed by atoms with van der Waals surface area (Å²) in [6.45, 7) is 5.78. The minimum atomic E-state index is -0.301. The monoisotopic (exact) mass is 392 g/mol. The van der Waals surface area contributed by atoms with Crippen molar-refractivity contribution >= 4 is 23.2 Å². The molecule has 0 atom stereocenters. The number of hydrogen-bond donors (Lipinski definition) is 2. The number of hydrogen-bond acceptors (Lipinski definition) is 6. The maximum Gasteiger partial charge on any atom is 0.274 e. The van der Waals surface area contributed by atoms with Gasteiger partial charge in [0.25, 0.3) is 5.91 Å². The van der Waals surface area contributed by atoms with Crippen LogP contribution in [0.1, 0.15) is 27.3 Å². The first-order chi connectivity index (χ1) is 13.9. The summed E-state index contributed by atoms with van der Waals surface area (Å²) < 4.78 is 10.6. The Kier molecular flexibility index (Phi) is 5.97. The van der Waals surface area contributed by atoms with Gasteiger partial charge in [-0.3, -0.25) is 4.79 Å². The number of benzene rings is 2. The molecule has 1 aromatic heterocycles. The van der Waals surface area contributed by atoms with Gasteiger partial charge >= 0.3 is 0 Å². The number of carbonyl (C=O) groups is 1. The minimum absolute atomic E-state index is 0.266. The average molecular weight is 392 g/mol. The smallest absolute Gasteiger partial charge is 0.274 e. The van der Waals surface area contributed by atoms with E-state index in [9.17, 15) is 4.79 Å². The van der Waals surface area contributed by atoms with Crippen LogP contribution in [0.25, 0.3) is 0 Å². The molecule has 0 spiro atoms. The van der Waals surface area contributed by atoms with Crippen molar-refractivity contribution in [1.82, 2.24) is 9.97 Å².